The lowest BCUT2D eigenvalue weighted by molar-refractivity contribution is 0.198. The largest absolute Gasteiger partial charge is 0.474 e. The monoisotopic (exact) mass is 341 g/mol. The van der Waals surface area contributed by atoms with E-state index in [0.717, 1.165) is 5.56 Å². The Hall–Kier alpha value is -3.13. The van der Waals surface area contributed by atoms with Gasteiger partial charge in [0.15, 0.2) is 0 Å². The number of nitrogens with one attached hydrogen (secondary N) is 3. The summed E-state index contributed by atoms with van der Waals surface area (Å²) in [5.74, 6) is 0.757. The lowest BCUT2D eigenvalue weighted by atomic mass is 10.1. The molecule has 25 heavy (non-hydrogen) atoms. The molecule has 1 atom stereocenters. The highest BCUT2D eigenvalue weighted by Gasteiger charge is 2.12. The number of hydrogen-bond acceptors (Lipinski definition) is 5. The van der Waals surface area contributed by atoms with Crippen LogP contribution in [0.15, 0.2) is 42.6 Å². The zero-order valence-corrected chi connectivity index (χ0v) is 13.7. The number of amides is 2. The van der Waals surface area contributed by atoms with Gasteiger partial charge in [-0.05, 0) is 12.5 Å². The predicted molar refractivity (Wildman–Crippen MR) is 93.5 cm³/mol. The van der Waals surface area contributed by atoms with Crippen molar-refractivity contribution in [2.75, 3.05) is 18.5 Å². The van der Waals surface area contributed by atoms with Gasteiger partial charge in [0.1, 0.15) is 12.4 Å². The first-order chi connectivity index (χ1) is 12.2. The number of aromatic amines is 1. The first-order valence-electron chi connectivity index (χ1n) is 7.87. The molecule has 130 valence electrons. The molecule has 0 aliphatic carbocycles. The Morgan fingerprint density at radius 2 is 2.16 bits per heavy atom. The van der Waals surface area contributed by atoms with E-state index in [9.17, 15) is 4.79 Å². The van der Waals surface area contributed by atoms with Gasteiger partial charge in [0.2, 0.25) is 5.88 Å². The Labute approximate surface area is 144 Å². The van der Waals surface area contributed by atoms with Crippen molar-refractivity contribution >= 4 is 22.8 Å². The fraction of sp³-hybridized carbons (Fsp3) is 0.235. The van der Waals surface area contributed by atoms with Gasteiger partial charge in [0, 0.05) is 12.3 Å². The molecule has 2 aromatic heterocycles. The van der Waals surface area contributed by atoms with Crippen LogP contribution in [0.5, 0.6) is 5.88 Å². The number of H-pyrrole nitrogens is 1. The van der Waals surface area contributed by atoms with Crippen molar-refractivity contribution in [2.24, 2.45) is 0 Å². The molecule has 3 rings (SSSR count). The number of carbonyl (C=O) groups excluding carboxylic acids is 1. The zero-order valence-electron chi connectivity index (χ0n) is 13.7. The molecule has 0 aliphatic heterocycles. The van der Waals surface area contributed by atoms with Crippen LogP contribution in [0, 0.1) is 0 Å². The van der Waals surface area contributed by atoms with E-state index in [1.54, 1.807) is 12.3 Å². The fourth-order valence-corrected chi connectivity index (χ4v) is 2.38. The highest BCUT2D eigenvalue weighted by molar-refractivity contribution is 5.92. The Kier molecular flexibility index (Phi) is 5.10. The van der Waals surface area contributed by atoms with Gasteiger partial charge in [-0.1, -0.05) is 30.3 Å². The molecule has 0 bridgehead atoms. The maximum absolute atomic E-state index is 12.1. The van der Waals surface area contributed by atoms with Gasteiger partial charge in [-0.25, -0.2) is 9.78 Å². The second kappa shape index (κ2) is 7.63. The summed E-state index contributed by atoms with van der Waals surface area (Å²) in [6.45, 7) is 1.96. The smallest absolute Gasteiger partial charge is 0.320 e. The zero-order chi connectivity index (χ0) is 17.6. The summed E-state index contributed by atoms with van der Waals surface area (Å²) in [4.78, 5) is 16.3. The minimum Gasteiger partial charge on any atom is -0.474 e. The molecule has 1 aromatic carbocycles. The number of aliphatic hydroxyl groups excluding tert-OH is 1. The molecule has 0 fully saturated rings. The average molecular weight is 341 g/mol. The van der Waals surface area contributed by atoms with Crippen molar-refractivity contribution in [3.63, 3.8) is 0 Å². The van der Waals surface area contributed by atoms with E-state index >= 15 is 0 Å². The number of carbonyl (C=O) groups is 1. The average Bonchev–Trinajstić information content (AvgIpc) is 3.02. The Balaban J connectivity index is 1.65. The van der Waals surface area contributed by atoms with Gasteiger partial charge in [-0.3, -0.25) is 10.4 Å². The van der Waals surface area contributed by atoms with E-state index < -0.39 is 0 Å². The molecule has 1 unspecified atom stereocenters. The lowest BCUT2D eigenvalue weighted by Crippen LogP contribution is -2.31. The van der Waals surface area contributed by atoms with Gasteiger partial charge < -0.3 is 15.2 Å². The number of nitrogens with zero attached hydrogens (tertiary/aromatic N) is 2. The Bertz CT molecular complexity index is 850. The van der Waals surface area contributed by atoms with Crippen LogP contribution in [-0.2, 0) is 0 Å². The summed E-state index contributed by atoms with van der Waals surface area (Å²) in [6.07, 6.45) is 1.56. The first-order valence-corrected chi connectivity index (χ1v) is 7.87. The third-order valence-electron chi connectivity index (χ3n) is 3.63. The summed E-state index contributed by atoms with van der Waals surface area (Å²) in [5.41, 5.74) is 1.69. The molecule has 8 nitrogen and oxygen atoms in total. The minimum atomic E-state index is -0.348. The number of aliphatic hydroxyl groups is 1. The highest BCUT2D eigenvalue weighted by atomic mass is 16.5. The molecule has 0 saturated carbocycles. The fourth-order valence-electron chi connectivity index (χ4n) is 2.38. The van der Waals surface area contributed by atoms with E-state index in [0.29, 0.717) is 22.6 Å². The number of hydrogen-bond donors (Lipinski definition) is 4. The van der Waals surface area contributed by atoms with Crippen LogP contribution in [0.1, 0.15) is 18.5 Å². The van der Waals surface area contributed by atoms with Gasteiger partial charge >= 0.3 is 6.03 Å². The molecule has 3 aromatic rings. The first kappa shape index (κ1) is 16.7. The molecule has 0 aliphatic rings. The van der Waals surface area contributed by atoms with Gasteiger partial charge in [0.05, 0.1) is 23.6 Å². The van der Waals surface area contributed by atoms with Crippen LogP contribution >= 0.6 is 0 Å². The normalized spacial score (nSPS) is 11.9. The molecular weight excluding hydrogens is 322 g/mol. The van der Waals surface area contributed by atoms with Crippen molar-refractivity contribution < 1.29 is 14.6 Å². The summed E-state index contributed by atoms with van der Waals surface area (Å²) in [5, 5.41) is 21.9. The number of fused-ring (bicyclic) bond motifs is 1. The van der Waals surface area contributed by atoms with Gasteiger partial charge in [-0.15, -0.1) is 5.10 Å². The quantitative estimate of drug-likeness (QED) is 0.549. The highest BCUT2D eigenvalue weighted by Crippen LogP contribution is 2.23. The standard InChI is InChI=1S/C17H19N5O3/c1-11(12-5-3-2-4-6-12)19-17(24)20-15-9-14-13(10-18-15)16(22-21-14)25-8-7-23/h2-6,9-11,23H,7-8H2,1H3,(H,21,22)(H2,18,19,20,24). The maximum atomic E-state index is 12.1. The van der Waals surface area contributed by atoms with E-state index in [1.807, 2.05) is 37.3 Å². The van der Waals surface area contributed by atoms with E-state index in [-0.39, 0.29) is 25.3 Å². The van der Waals surface area contributed by atoms with Crippen molar-refractivity contribution in [1.29, 1.82) is 0 Å². The molecule has 0 saturated heterocycles. The maximum Gasteiger partial charge on any atom is 0.320 e. The van der Waals surface area contributed by atoms with Crippen LogP contribution in [0.4, 0.5) is 10.6 Å². The molecule has 4 N–H and O–H groups in total. The lowest BCUT2D eigenvalue weighted by Gasteiger charge is -2.14. The number of urea groups is 1. The number of aromatic nitrogens is 3. The summed E-state index contributed by atoms with van der Waals surface area (Å²) >= 11 is 0. The van der Waals surface area contributed by atoms with E-state index in [4.69, 9.17) is 9.84 Å². The number of rotatable bonds is 6. The summed E-state index contributed by atoms with van der Waals surface area (Å²) < 4.78 is 5.30. The van der Waals surface area contributed by atoms with Gasteiger partial charge in [-0.2, -0.15) is 0 Å². The molecule has 0 radical (unpaired) electrons. The second-order valence-corrected chi connectivity index (χ2v) is 5.45. The molecule has 2 amide bonds. The number of anilines is 1. The van der Waals surface area contributed by atoms with Crippen LogP contribution in [0.2, 0.25) is 0 Å². The van der Waals surface area contributed by atoms with Crippen LogP contribution in [0.3, 0.4) is 0 Å². The number of benzene rings is 1. The van der Waals surface area contributed by atoms with Crippen molar-refractivity contribution in [2.45, 2.75) is 13.0 Å². The van der Waals surface area contributed by atoms with Crippen molar-refractivity contribution in [3.8, 4) is 5.88 Å². The van der Waals surface area contributed by atoms with Crippen molar-refractivity contribution in [1.82, 2.24) is 20.5 Å². The molecule has 2 heterocycles. The number of ether oxygens (including phenoxy) is 1. The third-order valence-corrected chi connectivity index (χ3v) is 3.63. The molecule has 8 heteroatoms. The van der Waals surface area contributed by atoms with E-state index in [1.165, 1.54) is 0 Å². The van der Waals surface area contributed by atoms with Crippen LogP contribution < -0.4 is 15.4 Å². The Morgan fingerprint density at radius 1 is 1.36 bits per heavy atom. The number of pyridine rings is 1. The Morgan fingerprint density at radius 3 is 2.92 bits per heavy atom. The van der Waals surface area contributed by atoms with E-state index in [2.05, 4.69) is 25.8 Å². The minimum absolute atomic E-state index is 0.0960. The SMILES string of the molecule is CC(NC(=O)Nc1cc2[nH]nc(OCCO)c2cn1)c1ccccc1. The molecular formula is C17H19N5O3. The van der Waals surface area contributed by atoms with Crippen molar-refractivity contribution in [3.05, 3.63) is 48.2 Å². The summed E-state index contributed by atoms with van der Waals surface area (Å²) in [6, 6.07) is 10.9. The van der Waals surface area contributed by atoms with Gasteiger partial charge in [0.25, 0.3) is 0 Å². The summed E-state index contributed by atoms with van der Waals surface area (Å²) in [7, 11) is 0. The van der Waals surface area contributed by atoms with Crippen LogP contribution in [0.25, 0.3) is 10.9 Å². The predicted octanol–water partition coefficient (Wildman–Crippen LogP) is 2.21. The third kappa shape index (κ3) is 4.04. The topological polar surface area (TPSA) is 112 Å². The second-order valence-electron chi connectivity index (χ2n) is 5.45. The van der Waals surface area contributed by atoms with Crippen LogP contribution in [-0.4, -0.2) is 39.5 Å². The molecule has 0 spiro atoms.